The molecular weight excluding hydrogens is 393 g/mol. The van der Waals surface area contributed by atoms with E-state index < -0.39 is 0 Å². The number of nitrogens with zero attached hydrogens (tertiary/aromatic N) is 1. The van der Waals surface area contributed by atoms with Gasteiger partial charge in [0.2, 0.25) is 0 Å². The molecule has 1 aromatic heterocycles. The van der Waals surface area contributed by atoms with Gasteiger partial charge in [-0.1, -0.05) is 0 Å². The summed E-state index contributed by atoms with van der Waals surface area (Å²) < 4.78 is 6.73. The van der Waals surface area contributed by atoms with Crippen LogP contribution < -0.4 is 0 Å². The van der Waals surface area contributed by atoms with E-state index in [-0.39, 0.29) is 5.91 Å². The Hall–Kier alpha value is 0.380. The molecule has 0 radical (unpaired) electrons. The highest BCUT2D eigenvalue weighted by Crippen LogP contribution is 2.32. The molecule has 1 rings (SSSR count). The van der Waals surface area contributed by atoms with Crippen LogP contribution in [0.1, 0.15) is 10.4 Å². The fraction of sp³-hybridized carbons (Fsp3) is 0.500. The van der Waals surface area contributed by atoms with E-state index in [4.69, 9.17) is 16.3 Å². The summed E-state index contributed by atoms with van der Waals surface area (Å²) >= 11 is 13.9. The largest absolute Gasteiger partial charge is 0.383 e. The maximum Gasteiger partial charge on any atom is 0.256 e. The Morgan fingerprint density at radius 3 is 2.71 bits per heavy atom. The van der Waals surface area contributed by atoms with E-state index in [0.717, 1.165) is 7.57 Å². The van der Waals surface area contributed by atoms with E-state index in [1.165, 1.54) is 11.3 Å². The third kappa shape index (κ3) is 4.52. The number of alkyl halides is 1. The number of hydrogen-bond donors (Lipinski definition) is 0. The van der Waals surface area contributed by atoms with Crippen molar-refractivity contribution in [2.75, 3.05) is 32.7 Å². The van der Waals surface area contributed by atoms with Crippen molar-refractivity contribution in [1.29, 1.82) is 0 Å². The lowest BCUT2D eigenvalue weighted by atomic mass is 10.3. The fourth-order valence-corrected chi connectivity index (χ4v) is 4.26. The van der Waals surface area contributed by atoms with Gasteiger partial charge in [-0.2, -0.15) is 0 Å². The Labute approximate surface area is 126 Å². The summed E-state index contributed by atoms with van der Waals surface area (Å²) in [4.78, 5) is 13.9. The van der Waals surface area contributed by atoms with Gasteiger partial charge in [0.05, 0.1) is 19.7 Å². The molecule has 0 atom stereocenters. The fourth-order valence-electron chi connectivity index (χ4n) is 1.27. The van der Waals surface area contributed by atoms with Gasteiger partial charge < -0.3 is 9.64 Å². The number of halogens is 3. The van der Waals surface area contributed by atoms with Crippen LogP contribution in [-0.2, 0) is 4.74 Å². The number of rotatable bonds is 6. The molecule has 1 heterocycles. The van der Waals surface area contributed by atoms with Crippen LogP contribution in [0, 0.1) is 0 Å². The predicted octanol–water partition coefficient (Wildman–Crippen LogP) is 3.60. The molecule has 1 aromatic rings. The number of amides is 1. The number of ether oxygens (including phenoxy) is 1. The zero-order chi connectivity index (χ0) is 12.8. The average molecular weight is 406 g/mol. The Morgan fingerprint density at radius 2 is 2.24 bits per heavy atom. The molecule has 3 nitrogen and oxygen atoms in total. The monoisotopic (exact) mass is 403 g/mol. The minimum absolute atomic E-state index is 0.0310. The van der Waals surface area contributed by atoms with Gasteiger partial charge in [0.15, 0.2) is 0 Å². The van der Waals surface area contributed by atoms with E-state index in [1.807, 2.05) is 6.07 Å². The van der Waals surface area contributed by atoms with Crippen molar-refractivity contribution in [3.63, 3.8) is 0 Å². The van der Waals surface area contributed by atoms with Gasteiger partial charge in [-0.15, -0.1) is 22.9 Å². The van der Waals surface area contributed by atoms with Crippen LogP contribution in [-0.4, -0.2) is 43.5 Å². The summed E-state index contributed by atoms with van der Waals surface area (Å²) in [5.41, 5.74) is 0.656. The van der Waals surface area contributed by atoms with E-state index >= 15 is 0 Å². The molecule has 0 bridgehead atoms. The Kier molecular flexibility index (Phi) is 7.02. The highest BCUT2D eigenvalue weighted by molar-refractivity contribution is 9.12. The van der Waals surface area contributed by atoms with Crippen LogP contribution in [0.3, 0.4) is 0 Å². The molecule has 17 heavy (non-hydrogen) atoms. The molecule has 7 heteroatoms. The number of hydrogen-bond acceptors (Lipinski definition) is 3. The molecule has 0 aliphatic heterocycles. The first kappa shape index (κ1) is 15.4. The molecule has 0 saturated heterocycles. The second-order valence-corrected chi connectivity index (χ2v) is 7.34. The summed E-state index contributed by atoms with van der Waals surface area (Å²) in [7, 11) is 1.61. The van der Waals surface area contributed by atoms with Gasteiger partial charge in [0, 0.05) is 26.1 Å². The third-order valence-electron chi connectivity index (χ3n) is 2.09. The summed E-state index contributed by atoms with van der Waals surface area (Å²) in [6.07, 6.45) is 0. The van der Waals surface area contributed by atoms with Crippen LogP contribution >= 0.6 is 54.8 Å². The molecule has 0 fully saturated rings. The van der Waals surface area contributed by atoms with Crippen LogP contribution in [0.5, 0.6) is 0 Å². The normalized spacial score (nSPS) is 10.6. The maximum atomic E-state index is 12.2. The van der Waals surface area contributed by atoms with Gasteiger partial charge in [-0.25, -0.2) is 0 Å². The van der Waals surface area contributed by atoms with Crippen molar-refractivity contribution in [2.45, 2.75) is 0 Å². The molecule has 0 aliphatic carbocycles. The molecule has 1 amide bonds. The minimum Gasteiger partial charge on any atom is -0.383 e. The highest BCUT2D eigenvalue weighted by Gasteiger charge is 2.19. The summed E-state index contributed by atoms with van der Waals surface area (Å²) in [5.74, 6) is 0.384. The first-order valence-electron chi connectivity index (χ1n) is 4.89. The molecule has 0 aromatic carbocycles. The lowest BCUT2D eigenvalue weighted by molar-refractivity contribution is 0.0707. The van der Waals surface area contributed by atoms with Crippen molar-refractivity contribution in [2.24, 2.45) is 0 Å². The Bertz CT molecular complexity index is 386. The lowest BCUT2D eigenvalue weighted by Gasteiger charge is -2.20. The van der Waals surface area contributed by atoms with Gasteiger partial charge in [-0.3, -0.25) is 4.79 Å². The van der Waals surface area contributed by atoms with E-state index in [9.17, 15) is 4.79 Å². The standard InChI is InChI=1S/C10H12Br2ClNO2S/c1-16-5-4-14(3-2-13)10(15)7-6-8(11)17-9(7)12/h6H,2-5H2,1H3. The van der Waals surface area contributed by atoms with Crippen molar-refractivity contribution in [3.8, 4) is 0 Å². The average Bonchev–Trinajstić information content (AvgIpc) is 2.63. The van der Waals surface area contributed by atoms with Gasteiger partial charge in [0.1, 0.15) is 0 Å². The van der Waals surface area contributed by atoms with E-state index in [0.29, 0.717) is 31.1 Å². The molecule has 0 unspecified atom stereocenters. The minimum atomic E-state index is -0.0310. The van der Waals surface area contributed by atoms with E-state index in [2.05, 4.69) is 31.9 Å². The summed E-state index contributed by atoms with van der Waals surface area (Å²) in [6, 6.07) is 1.81. The molecule has 0 N–H and O–H groups in total. The van der Waals surface area contributed by atoms with Gasteiger partial charge in [0.25, 0.3) is 5.91 Å². The first-order valence-corrected chi connectivity index (χ1v) is 7.82. The highest BCUT2D eigenvalue weighted by atomic mass is 79.9. The molecule has 0 aliphatic rings. The van der Waals surface area contributed by atoms with Crippen molar-refractivity contribution >= 4 is 60.7 Å². The van der Waals surface area contributed by atoms with Crippen molar-refractivity contribution in [3.05, 3.63) is 19.2 Å². The molecule has 0 saturated carbocycles. The van der Waals surface area contributed by atoms with Gasteiger partial charge >= 0.3 is 0 Å². The SMILES string of the molecule is COCCN(CCCl)C(=O)c1cc(Br)sc1Br. The van der Waals surface area contributed by atoms with Gasteiger partial charge in [-0.05, 0) is 37.9 Å². The smallest absolute Gasteiger partial charge is 0.256 e. The second kappa shape index (κ2) is 7.74. The topological polar surface area (TPSA) is 29.5 Å². The number of carbonyl (C=O) groups is 1. The van der Waals surface area contributed by atoms with Crippen molar-refractivity contribution < 1.29 is 9.53 Å². The number of thiophene rings is 1. The van der Waals surface area contributed by atoms with Crippen LogP contribution in [0.2, 0.25) is 0 Å². The zero-order valence-corrected chi connectivity index (χ0v) is 14.0. The van der Waals surface area contributed by atoms with E-state index in [1.54, 1.807) is 12.0 Å². The quantitative estimate of drug-likeness (QED) is 0.677. The van der Waals surface area contributed by atoms with Crippen LogP contribution in [0.15, 0.2) is 13.6 Å². The number of methoxy groups -OCH3 is 1. The first-order chi connectivity index (χ1) is 8.10. The zero-order valence-electron chi connectivity index (χ0n) is 9.21. The second-order valence-electron chi connectivity index (χ2n) is 3.21. The summed E-state index contributed by atoms with van der Waals surface area (Å²) in [5, 5.41) is 0. The Balaban J connectivity index is 2.79. The predicted molar refractivity (Wildman–Crippen MR) is 78.2 cm³/mol. The molecular formula is C10H12Br2ClNO2S. The third-order valence-corrected chi connectivity index (χ3v) is 4.60. The molecule has 0 spiro atoms. The molecule has 96 valence electrons. The Morgan fingerprint density at radius 1 is 1.53 bits per heavy atom. The van der Waals surface area contributed by atoms with Crippen LogP contribution in [0.25, 0.3) is 0 Å². The summed E-state index contributed by atoms with van der Waals surface area (Å²) in [6.45, 7) is 1.57. The maximum absolute atomic E-state index is 12.2. The number of carbonyl (C=O) groups excluding carboxylic acids is 1. The van der Waals surface area contributed by atoms with Crippen LogP contribution in [0.4, 0.5) is 0 Å². The van der Waals surface area contributed by atoms with Crippen molar-refractivity contribution in [1.82, 2.24) is 4.90 Å². The lowest BCUT2D eigenvalue weighted by Crippen LogP contribution is -2.35.